The molecule has 1 saturated heterocycles. The van der Waals surface area contributed by atoms with Crippen LogP contribution in [0.4, 0.5) is 10.1 Å². The number of aliphatic carboxylic acids is 1. The molecule has 2 heterocycles. The molecule has 2 atom stereocenters. The number of amides is 2. The zero-order valence-corrected chi connectivity index (χ0v) is 13.2. The second-order valence-corrected chi connectivity index (χ2v) is 7.09. The summed E-state index contributed by atoms with van der Waals surface area (Å²) >= 11 is 1.40. The Hall–Kier alpha value is -2.09. The number of hydrogen-bond donors (Lipinski definition) is 2. The molecular formula is C15H15FN2O4S. The molecule has 0 saturated carbocycles. The number of rotatable bonds is 2. The van der Waals surface area contributed by atoms with Crippen LogP contribution >= 0.6 is 11.8 Å². The first-order valence-electron chi connectivity index (χ1n) is 7.13. The summed E-state index contributed by atoms with van der Waals surface area (Å²) in [7, 11) is 0. The molecule has 6 nitrogen and oxygen atoms in total. The number of likely N-dealkylation sites (tertiary alicyclic amines) is 1. The Kier molecular flexibility index (Phi) is 3.79. The van der Waals surface area contributed by atoms with Gasteiger partial charge in [0.05, 0.1) is 17.5 Å². The van der Waals surface area contributed by atoms with Crippen LogP contribution in [0.25, 0.3) is 0 Å². The lowest BCUT2D eigenvalue weighted by atomic mass is 10.1. The van der Waals surface area contributed by atoms with Crippen LogP contribution in [0.3, 0.4) is 0 Å². The summed E-state index contributed by atoms with van der Waals surface area (Å²) in [4.78, 5) is 37.1. The molecule has 3 rings (SSSR count). The number of halogens is 1. The summed E-state index contributed by atoms with van der Waals surface area (Å²) in [6.07, 6.45) is -0.219. The molecule has 0 spiro atoms. The van der Waals surface area contributed by atoms with Gasteiger partial charge in [-0.15, -0.1) is 11.8 Å². The molecule has 122 valence electrons. The number of thioether (sulfide) groups is 1. The van der Waals surface area contributed by atoms with E-state index >= 15 is 0 Å². The van der Waals surface area contributed by atoms with Crippen LogP contribution in [-0.4, -0.2) is 51.8 Å². The summed E-state index contributed by atoms with van der Waals surface area (Å²) in [6.45, 7) is 1.38. The molecule has 23 heavy (non-hydrogen) atoms. The highest BCUT2D eigenvalue weighted by Gasteiger charge is 2.47. The minimum absolute atomic E-state index is 0.0524. The Morgan fingerprint density at radius 2 is 2.22 bits per heavy atom. The van der Waals surface area contributed by atoms with Crippen LogP contribution in [0.5, 0.6) is 0 Å². The first kappa shape index (κ1) is 15.8. The molecule has 1 fully saturated rings. The maximum Gasteiger partial charge on any atom is 0.343 e. The maximum atomic E-state index is 14.1. The molecule has 0 bridgehead atoms. The topological polar surface area (TPSA) is 86.7 Å². The second kappa shape index (κ2) is 5.52. The van der Waals surface area contributed by atoms with E-state index in [9.17, 15) is 18.8 Å². The van der Waals surface area contributed by atoms with Crippen molar-refractivity contribution in [2.24, 2.45) is 0 Å². The van der Waals surface area contributed by atoms with E-state index in [4.69, 9.17) is 5.11 Å². The van der Waals surface area contributed by atoms with Crippen molar-refractivity contribution in [3.05, 3.63) is 23.8 Å². The quantitative estimate of drug-likeness (QED) is 0.858. The van der Waals surface area contributed by atoms with Gasteiger partial charge < -0.3 is 15.3 Å². The molecule has 8 heteroatoms. The average Bonchev–Trinajstić information content (AvgIpc) is 2.91. The molecule has 2 unspecified atom stereocenters. The molecule has 1 aromatic rings. The molecule has 2 amide bonds. The number of hydrogen-bond acceptors (Lipinski definition) is 4. The number of anilines is 1. The predicted molar refractivity (Wildman–Crippen MR) is 82.4 cm³/mol. The van der Waals surface area contributed by atoms with Crippen molar-refractivity contribution in [3.8, 4) is 0 Å². The standard InChI is InChI=1S/C15H15FN2O4S/c1-8-12(19)17-10-6-9(2-3-11(10)23-8)13(20)18-5-4-15(16,7-18)14(21)22/h2-3,6,8H,4-5,7H2,1H3,(H,17,19)(H,21,22). The number of alkyl halides is 1. The third-order valence-corrected chi connectivity index (χ3v) is 5.22. The fourth-order valence-electron chi connectivity index (χ4n) is 2.65. The van der Waals surface area contributed by atoms with E-state index in [1.165, 1.54) is 16.7 Å². The fraction of sp³-hybridized carbons (Fsp3) is 0.400. The predicted octanol–water partition coefficient (Wildman–Crippen LogP) is 1.76. The number of nitrogens with zero attached hydrogens (tertiary/aromatic N) is 1. The van der Waals surface area contributed by atoms with Gasteiger partial charge in [0.1, 0.15) is 0 Å². The highest BCUT2D eigenvalue weighted by atomic mass is 32.2. The Labute approximate surface area is 136 Å². The largest absolute Gasteiger partial charge is 0.479 e. The van der Waals surface area contributed by atoms with Gasteiger partial charge in [-0.2, -0.15) is 0 Å². The number of carboxylic acids is 1. The molecule has 2 N–H and O–H groups in total. The normalized spacial score (nSPS) is 26.6. The zero-order valence-electron chi connectivity index (χ0n) is 12.3. The lowest BCUT2D eigenvalue weighted by Crippen LogP contribution is -2.39. The number of carbonyl (C=O) groups excluding carboxylic acids is 2. The van der Waals surface area contributed by atoms with Crippen molar-refractivity contribution in [1.29, 1.82) is 0 Å². The monoisotopic (exact) mass is 338 g/mol. The number of benzene rings is 1. The highest BCUT2D eigenvalue weighted by molar-refractivity contribution is 8.00. The first-order valence-corrected chi connectivity index (χ1v) is 8.01. The summed E-state index contributed by atoms with van der Waals surface area (Å²) in [5.74, 6) is -2.12. The second-order valence-electron chi connectivity index (χ2n) is 5.71. The summed E-state index contributed by atoms with van der Waals surface area (Å²) < 4.78 is 14.1. The molecule has 1 aromatic carbocycles. The lowest BCUT2D eigenvalue weighted by molar-refractivity contribution is -0.149. The maximum absolute atomic E-state index is 14.1. The molecule has 0 radical (unpaired) electrons. The molecule has 0 aromatic heterocycles. The Morgan fingerprint density at radius 3 is 2.87 bits per heavy atom. The minimum atomic E-state index is -2.39. The van der Waals surface area contributed by atoms with E-state index in [1.807, 2.05) is 0 Å². The number of carbonyl (C=O) groups is 3. The van der Waals surface area contributed by atoms with Crippen molar-refractivity contribution in [1.82, 2.24) is 4.90 Å². The van der Waals surface area contributed by atoms with Gasteiger partial charge in [0.2, 0.25) is 11.6 Å². The van der Waals surface area contributed by atoms with Crippen LogP contribution in [0.2, 0.25) is 0 Å². The van der Waals surface area contributed by atoms with E-state index < -0.39 is 24.1 Å². The van der Waals surface area contributed by atoms with Crippen molar-refractivity contribution in [2.45, 2.75) is 29.2 Å². The van der Waals surface area contributed by atoms with Crippen LogP contribution in [0.15, 0.2) is 23.1 Å². The molecule has 0 aliphatic carbocycles. The SMILES string of the molecule is CC1Sc2ccc(C(=O)N3CCC(F)(C(=O)O)C3)cc2NC1=O. The lowest BCUT2D eigenvalue weighted by Gasteiger charge is -2.23. The number of fused-ring (bicyclic) bond motifs is 1. The van der Waals surface area contributed by atoms with Crippen molar-refractivity contribution in [2.75, 3.05) is 18.4 Å². The van der Waals surface area contributed by atoms with Gasteiger partial charge in [-0.1, -0.05) is 0 Å². The summed E-state index contributed by atoms with van der Waals surface area (Å²) in [6, 6.07) is 4.89. The Balaban J connectivity index is 1.81. The van der Waals surface area contributed by atoms with Crippen molar-refractivity contribution >= 4 is 35.2 Å². The van der Waals surface area contributed by atoms with Gasteiger partial charge in [0.25, 0.3) is 5.91 Å². The van der Waals surface area contributed by atoms with Crippen molar-refractivity contribution in [3.63, 3.8) is 0 Å². The van der Waals surface area contributed by atoms with Crippen LogP contribution in [0.1, 0.15) is 23.7 Å². The van der Waals surface area contributed by atoms with Crippen molar-refractivity contribution < 1.29 is 23.9 Å². The average molecular weight is 338 g/mol. The minimum Gasteiger partial charge on any atom is -0.479 e. The number of nitrogens with one attached hydrogen (secondary N) is 1. The van der Waals surface area contributed by atoms with E-state index in [0.29, 0.717) is 11.3 Å². The van der Waals surface area contributed by atoms with E-state index in [0.717, 1.165) is 4.90 Å². The third kappa shape index (κ3) is 2.78. The molecular weight excluding hydrogens is 323 g/mol. The van der Waals surface area contributed by atoms with Crippen LogP contribution < -0.4 is 5.32 Å². The first-order chi connectivity index (χ1) is 10.8. The summed E-state index contributed by atoms with van der Waals surface area (Å²) in [5, 5.41) is 11.4. The zero-order chi connectivity index (χ0) is 16.8. The number of carboxylic acid groups (broad SMARTS) is 1. The van der Waals surface area contributed by atoms with Gasteiger partial charge in [0, 0.05) is 23.4 Å². The van der Waals surface area contributed by atoms with Gasteiger partial charge in [0.15, 0.2) is 0 Å². The fourth-order valence-corrected chi connectivity index (χ4v) is 3.58. The molecule has 2 aliphatic rings. The van der Waals surface area contributed by atoms with E-state index in [2.05, 4.69) is 5.32 Å². The Bertz CT molecular complexity index is 711. The highest BCUT2D eigenvalue weighted by Crippen LogP contribution is 2.36. The summed E-state index contributed by atoms with van der Waals surface area (Å²) in [5.41, 5.74) is -1.54. The van der Waals surface area contributed by atoms with Gasteiger partial charge in [-0.3, -0.25) is 9.59 Å². The third-order valence-electron chi connectivity index (χ3n) is 4.05. The van der Waals surface area contributed by atoms with Crippen LogP contribution in [-0.2, 0) is 9.59 Å². The van der Waals surface area contributed by atoms with Crippen LogP contribution in [0, 0.1) is 0 Å². The van der Waals surface area contributed by atoms with E-state index in [1.54, 1.807) is 25.1 Å². The van der Waals surface area contributed by atoms with Gasteiger partial charge in [-0.05, 0) is 25.1 Å². The van der Waals surface area contributed by atoms with E-state index in [-0.39, 0.29) is 24.1 Å². The Morgan fingerprint density at radius 1 is 1.48 bits per heavy atom. The smallest absolute Gasteiger partial charge is 0.343 e. The molecule has 2 aliphatic heterocycles. The van der Waals surface area contributed by atoms with Gasteiger partial charge >= 0.3 is 5.97 Å². The van der Waals surface area contributed by atoms with Gasteiger partial charge in [-0.25, -0.2) is 9.18 Å².